The van der Waals surface area contributed by atoms with Crippen LogP contribution in [0, 0.1) is 19.8 Å². The summed E-state index contributed by atoms with van der Waals surface area (Å²) in [5.74, 6) is 2.08. The summed E-state index contributed by atoms with van der Waals surface area (Å²) in [6.07, 6.45) is 6.78. The number of rotatable bonds is 8. The number of benzene rings is 2. The molecule has 1 fully saturated rings. The van der Waals surface area contributed by atoms with E-state index in [0.29, 0.717) is 18.2 Å². The Morgan fingerprint density at radius 2 is 1.50 bits per heavy atom. The number of aromatic nitrogens is 2. The lowest BCUT2D eigenvalue weighted by molar-refractivity contribution is -0.116. The van der Waals surface area contributed by atoms with Crippen molar-refractivity contribution in [2.45, 2.75) is 52.4 Å². The van der Waals surface area contributed by atoms with Crippen LogP contribution in [0.3, 0.4) is 0 Å². The normalized spacial score (nSPS) is 13.7. The molecule has 1 amide bonds. The Morgan fingerprint density at radius 1 is 0.875 bits per heavy atom. The van der Waals surface area contributed by atoms with Crippen LogP contribution in [-0.4, -0.2) is 15.9 Å². The van der Waals surface area contributed by atoms with Gasteiger partial charge in [-0.1, -0.05) is 43.4 Å². The minimum atomic E-state index is 0.0934. The van der Waals surface area contributed by atoms with E-state index in [1.807, 2.05) is 61.5 Å². The molecule has 6 heteroatoms. The first-order valence-corrected chi connectivity index (χ1v) is 11.4. The molecule has 1 saturated carbocycles. The predicted octanol–water partition coefficient (Wildman–Crippen LogP) is 6.49. The third kappa shape index (κ3) is 6.30. The monoisotopic (exact) mass is 429 g/mol. The summed E-state index contributed by atoms with van der Waals surface area (Å²) in [5, 5.41) is 9.57. The molecule has 0 bridgehead atoms. The second kappa shape index (κ2) is 10.3. The maximum absolute atomic E-state index is 12.2. The second-order valence-corrected chi connectivity index (χ2v) is 8.65. The van der Waals surface area contributed by atoms with E-state index in [1.165, 1.54) is 31.2 Å². The quantitative estimate of drug-likeness (QED) is 0.381. The summed E-state index contributed by atoms with van der Waals surface area (Å²) in [5.41, 5.74) is 4.72. The molecule has 2 aromatic carbocycles. The zero-order chi connectivity index (χ0) is 22.3. The lowest BCUT2D eigenvalue weighted by atomic mass is 10.0. The summed E-state index contributed by atoms with van der Waals surface area (Å²) < 4.78 is 0. The molecule has 6 nitrogen and oxygen atoms in total. The van der Waals surface area contributed by atoms with E-state index >= 15 is 0 Å². The van der Waals surface area contributed by atoms with Gasteiger partial charge < -0.3 is 16.0 Å². The minimum absolute atomic E-state index is 0.0934. The standard InChI is InChI=1S/C26H31N5O/c1-18-7-10-23(11-8-18)30-26-27-19(2)17-24(31-26)28-21-12-14-22(15-13-21)29-25(32)16-9-20-5-3-4-6-20/h7-8,10-15,17,20H,3-6,9,16H2,1-2H3,(H,29,32)(H2,27,28,30,31). The molecule has 1 aliphatic rings. The van der Waals surface area contributed by atoms with E-state index in [0.717, 1.165) is 35.1 Å². The number of hydrogen-bond acceptors (Lipinski definition) is 5. The lowest BCUT2D eigenvalue weighted by Crippen LogP contribution is -2.12. The summed E-state index contributed by atoms with van der Waals surface area (Å²) in [4.78, 5) is 21.3. The maximum Gasteiger partial charge on any atom is 0.229 e. The third-order valence-corrected chi connectivity index (χ3v) is 5.86. The van der Waals surface area contributed by atoms with Crippen molar-refractivity contribution in [2.75, 3.05) is 16.0 Å². The number of carbonyl (C=O) groups excluding carboxylic acids is 1. The molecule has 0 spiro atoms. The molecule has 3 N–H and O–H groups in total. The van der Waals surface area contributed by atoms with Gasteiger partial charge in [0.2, 0.25) is 11.9 Å². The average molecular weight is 430 g/mol. The first-order valence-electron chi connectivity index (χ1n) is 11.4. The van der Waals surface area contributed by atoms with Gasteiger partial charge in [0.25, 0.3) is 0 Å². The van der Waals surface area contributed by atoms with Gasteiger partial charge in [-0.15, -0.1) is 0 Å². The van der Waals surface area contributed by atoms with E-state index in [-0.39, 0.29) is 5.91 Å². The van der Waals surface area contributed by atoms with Gasteiger partial charge in [0.05, 0.1) is 0 Å². The Bertz CT molecular complexity index is 1040. The van der Waals surface area contributed by atoms with Gasteiger partial charge in [-0.25, -0.2) is 4.98 Å². The number of amides is 1. The zero-order valence-corrected chi connectivity index (χ0v) is 18.8. The van der Waals surface area contributed by atoms with E-state index in [1.54, 1.807) is 0 Å². The number of nitrogens with one attached hydrogen (secondary N) is 3. The van der Waals surface area contributed by atoms with Crippen molar-refractivity contribution in [1.29, 1.82) is 0 Å². The molecule has 0 aliphatic heterocycles. The number of carbonyl (C=O) groups is 1. The van der Waals surface area contributed by atoms with Crippen LogP contribution in [0.4, 0.5) is 28.8 Å². The fourth-order valence-corrected chi connectivity index (χ4v) is 4.10. The molecule has 0 radical (unpaired) electrons. The van der Waals surface area contributed by atoms with Crippen LogP contribution in [0.15, 0.2) is 54.6 Å². The van der Waals surface area contributed by atoms with Crippen LogP contribution in [0.2, 0.25) is 0 Å². The summed E-state index contributed by atoms with van der Waals surface area (Å²) in [6.45, 7) is 4.00. The maximum atomic E-state index is 12.2. The van der Waals surface area contributed by atoms with Crippen molar-refractivity contribution in [3.05, 3.63) is 65.9 Å². The highest BCUT2D eigenvalue weighted by atomic mass is 16.1. The van der Waals surface area contributed by atoms with Crippen LogP contribution in [0.1, 0.15) is 49.8 Å². The van der Waals surface area contributed by atoms with Crippen LogP contribution >= 0.6 is 0 Å². The van der Waals surface area contributed by atoms with Crippen LogP contribution in [-0.2, 0) is 4.79 Å². The van der Waals surface area contributed by atoms with E-state index in [2.05, 4.69) is 32.8 Å². The molecule has 0 unspecified atom stereocenters. The van der Waals surface area contributed by atoms with E-state index < -0.39 is 0 Å². The van der Waals surface area contributed by atoms with Crippen LogP contribution < -0.4 is 16.0 Å². The smallest absolute Gasteiger partial charge is 0.229 e. The Labute approximate surface area is 189 Å². The SMILES string of the molecule is Cc1ccc(Nc2nc(C)cc(Nc3ccc(NC(=O)CCC4CCCC4)cc3)n2)cc1. The molecular weight excluding hydrogens is 398 g/mol. The Hall–Kier alpha value is -3.41. The minimum Gasteiger partial charge on any atom is -0.340 e. The molecule has 32 heavy (non-hydrogen) atoms. The average Bonchev–Trinajstić information content (AvgIpc) is 3.29. The van der Waals surface area contributed by atoms with Gasteiger partial charge in [0.15, 0.2) is 0 Å². The highest BCUT2D eigenvalue weighted by Gasteiger charge is 2.16. The molecule has 1 heterocycles. The van der Waals surface area contributed by atoms with Gasteiger partial charge in [-0.3, -0.25) is 4.79 Å². The number of hydrogen-bond donors (Lipinski definition) is 3. The summed E-state index contributed by atoms with van der Waals surface area (Å²) in [7, 11) is 0. The second-order valence-electron chi connectivity index (χ2n) is 8.65. The van der Waals surface area contributed by atoms with Crippen molar-refractivity contribution >= 4 is 34.7 Å². The largest absolute Gasteiger partial charge is 0.340 e. The van der Waals surface area contributed by atoms with Gasteiger partial charge >= 0.3 is 0 Å². The highest BCUT2D eigenvalue weighted by Crippen LogP contribution is 2.28. The zero-order valence-electron chi connectivity index (χ0n) is 18.8. The van der Waals surface area contributed by atoms with Crippen molar-refractivity contribution in [1.82, 2.24) is 9.97 Å². The van der Waals surface area contributed by atoms with Gasteiger partial charge in [0.1, 0.15) is 5.82 Å². The van der Waals surface area contributed by atoms with Crippen molar-refractivity contribution in [3.63, 3.8) is 0 Å². The molecular formula is C26H31N5O. The van der Waals surface area contributed by atoms with Gasteiger partial charge in [0, 0.05) is 35.2 Å². The Morgan fingerprint density at radius 3 is 2.22 bits per heavy atom. The number of aryl methyl sites for hydroxylation is 2. The highest BCUT2D eigenvalue weighted by molar-refractivity contribution is 5.90. The number of anilines is 5. The first kappa shape index (κ1) is 21.8. The fraction of sp³-hybridized carbons (Fsp3) is 0.346. The molecule has 166 valence electrons. The third-order valence-electron chi connectivity index (χ3n) is 5.86. The van der Waals surface area contributed by atoms with Crippen molar-refractivity contribution < 1.29 is 4.79 Å². The van der Waals surface area contributed by atoms with Crippen LogP contribution in [0.5, 0.6) is 0 Å². The van der Waals surface area contributed by atoms with Gasteiger partial charge in [-0.2, -0.15) is 4.98 Å². The molecule has 0 saturated heterocycles. The Balaban J connectivity index is 1.33. The van der Waals surface area contributed by atoms with Gasteiger partial charge in [-0.05, 0) is 62.6 Å². The number of nitrogens with zero attached hydrogens (tertiary/aromatic N) is 2. The summed E-state index contributed by atoms with van der Waals surface area (Å²) >= 11 is 0. The first-order chi connectivity index (χ1) is 15.5. The molecule has 0 atom stereocenters. The van der Waals surface area contributed by atoms with E-state index in [4.69, 9.17) is 0 Å². The van der Waals surface area contributed by atoms with Crippen molar-refractivity contribution in [3.8, 4) is 0 Å². The van der Waals surface area contributed by atoms with Crippen LogP contribution in [0.25, 0.3) is 0 Å². The summed E-state index contributed by atoms with van der Waals surface area (Å²) in [6, 6.07) is 17.7. The lowest BCUT2D eigenvalue weighted by Gasteiger charge is -2.12. The molecule has 1 aliphatic carbocycles. The molecule has 3 aromatic rings. The predicted molar refractivity (Wildman–Crippen MR) is 131 cm³/mol. The van der Waals surface area contributed by atoms with E-state index in [9.17, 15) is 4.79 Å². The topological polar surface area (TPSA) is 78.9 Å². The molecule has 1 aromatic heterocycles. The van der Waals surface area contributed by atoms with Crippen molar-refractivity contribution in [2.24, 2.45) is 5.92 Å². The Kier molecular flexibility index (Phi) is 7.00. The fourth-order valence-electron chi connectivity index (χ4n) is 4.10. The molecule has 4 rings (SSSR count).